The van der Waals surface area contributed by atoms with Crippen molar-refractivity contribution >= 4 is 11.6 Å². The average Bonchev–Trinajstić information content (AvgIpc) is 2.28. The van der Waals surface area contributed by atoms with Crippen LogP contribution in [0.4, 0.5) is 5.69 Å². The molecule has 0 spiro atoms. The zero-order valence-corrected chi connectivity index (χ0v) is 8.99. The van der Waals surface area contributed by atoms with Crippen molar-refractivity contribution < 1.29 is 4.79 Å². The lowest BCUT2D eigenvalue weighted by atomic mass is 9.98. The number of nitrogens with zero attached hydrogens (tertiary/aromatic N) is 1. The van der Waals surface area contributed by atoms with E-state index in [-0.39, 0.29) is 12.5 Å². The largest absolute Gasteiger partial charge is 0.322 e. The van der Waals surface area contributed by atoms with E-state index < -0.39 is 0 Å². The molecule has 0 radical (unpaired) electrons. The number of anilines is 1. The Morgan fingerprint density at radius 1 is 1.53 bits per heavy atom. The van der Waals surface area contributed by atoms with E-state index in [2.05, 4.69) is 6.07 Å². The SMILES string of the molecule is Cc1cccc2c1N(C(=O)CN)CCC2. The fraction of sp³-hybridized carbons (Fsp3) is 0.417. The smallest absolute Gasteiger partial charge is 0.240 e. The van der Waals surface area contributed by atoms with Crippen molar-refractivity contribution in [1.82, 2.24) is 0 Å². The van der Waals surface area contributed by atoms with Gasteiger partial charge in [-0.15, -0.1) is 0 Å². The van der Waals surface area contributed by atoms with Gasteiger partial charge in [-0.2, -0.15) is 0 Å². The van der Waals surface area contributed by atoms with E-state index in [1.54, 1.807) is 0 Å². The van der Waals surface area contributed by atoms with Crippen molar-refractivity contribution in [2.45, 2.75) is 19.8 Å². The lowest BCUT2D eigenvalue weighted by molar-refractivity contribution is -0.117. The van der Waals surface area contributed by atoms with Gasteiger partial charge in [0.25, 0.3) is 0 Å². The fourth-order valence-electron chi connectivity index (χ4n) is 2.21. The zero-order chi connectivity index (χ0) is 10.8. The maximum atomic E-state index is 11.7. The first-order chi connectivity index (χ1) is 7.24. The highest BCUT2D eigenvalue weighted by molar-refractivity contribution is 5.96. The maximum Gasteiger partial charge on any atom is 0.240 e. The first kappa shape index (κ1) is 10.2. The van der Waals surface area contributed by atoms with E-state index in [4.69, 9.17) is 5.73 Å². The van der Waals surface area contributed by atoms with Crippen LogP contribution in [0.2, 0.25) is 0 Å². The summed E-state index contributed by atoms with van der Waals surface area (Å²) < 4.78 is 0. The van der Waals surface area contributed by atoms with Crippen LogP contribution in [-0.2, 0) is 11.2 Å². The Bertz CT molecular complexity index is 387. The number of hydrogen-bond donors (Lipinski definition) is 1. The van der Waals surface area contributed by atoms with Gasteiger partial charge >= 0.3 is 0 Å². The molecule has 0 unspecified atom stereocenters. The molecule has 15 heavy (non-hydrogen) atoms. The van der Waals surface area contributed by atoms with E-state index in [0.29, 0.717) is 0 Å². The standard InChI is InChI=1S/C12H16N2O/c1-9-4-2-5-10-6-3-7-14(12(9)10)11(15)8-13/h2,4-5H,3,6-8,13H2,1H3. The van der Waals surface area contributed by atoms with E-state index in [1.165, 1.54) is 5.56 Å². The number of aryl methyl sites for hydroxylation is 2. The second-order valence-electron chi connectivity index (χ2n) is 3.94. The number of nitrogens with two attached hydrogens (primary N) is 1. The zero-order valence-electron chi connectivity index (χ0n) is 8.99. The van der Waals surface area contributed by atoms with Crippen molar-refractivity contribution in [3.63, 3.8) is 0 Å². The molecule has 1 amide bonds. The molecular weight excluding hydrogens is 188 g/mol. The maximum absolute atomic E-state index is 11.7. The van der Waals surface area contributed by atoms with Crippen LogP contribution in [0.25, 0.3) is 0 Å². The number of benzene rings is 1. The molecule has 1 heterocycles. The van der Waals surface area contributed by atoms with Crippen LogP contribution < -0.4 is 10.6 Å². The van der Waals surface area contributed by atoms with Gasteiger partial charge in [0.2, 0.25) is 5.91 Å². The number of fused-ring (bicyclic) bond motifs is 1. The van der Waals surface area contributed by atoms with Gasteiger partial charge in [0, 0.05) is 12.2 Å². The third kappa shape index (κ3) is 1.75. The van der Waals surface area contributed by atoms with Crippen molar-refractivity contribution in [1.29, 1.82) is 0 Å². The van der Waals surface area contributed by atoms with Crippen molar-refractivity contribution in [2.75, 3.05) is 18.0 Å². The summed E-state index contributed by atoms with van der Waals surface area (Å²) in [5, 5.41) is 0. The first-order valence-corrected chi connectivity index (χ1v) is 5.33. The molecule has 0 aliphatic carbocycles. The molecule has 0 saturated carbocycles. The lowest BCUT2D eigenvalue weighted by Crippen LogP contribution is -2.39. The van der Waals surface area contributed by atoms with Gasteiger partial charge in [-0.25, -0.2) is 0 Å². The molecule has 80 valence electrons. The van der Waals surface area contributed by atoms with Crippen molar-refractivity contribution in [3.05, 3.63) is 29.3 Å². The molecule has 2 N–H and O–H groups in total. The van der Waals surface area contributed by atoms with Crippen LogP contribution in [0.1, 0.15) is 17.5 Å². The fourth-order valence-corrected chi connectivity index (χ4v) is 2.21. The highest BCUT2D eigenvalue weighted by Crippen LogP contribution is 2.30. The summed E-state index contributed by atoms with van der Waals surface area (Å²) in [6.45, 7) is 2.93. The third-order valence-corrected chi connectivity index (χ3v) is 2.89. The minimum atomic E-state index is 0.0188. The molecule has 0 bridgehead atoms. The Kier molecular flexibility index (Phi) is 2.73. The van der Waals surface area contributed by atoms with Gasteiger partial charge in [-0.3, -0.25) is 4.79 Å². The summed E-state index contributed by atoms with van der Waals surface area (Å²) in [7, 11) is 0. The van der Waals surface area contributed by atoms with Crippen LogP contribution in [-0.4, -0.2) is 19.0 Å². The van der Waals surface area contributed by atoms with E-state index in [9.17, 15) is 4.79 Å². The Balaban J connectivity index is 2.45. The molecule has 3 nitrogen and oxygen atoms in total. The van der Waals surface area contributed by atoms with E-state index in [0.717, 1.165) is 30.6 Å². The average molecular weight is 204 g/mol. The quantitative estimate of drug-likeness (QED) is 0.748. The number of carbonyl (C=O) groups excluding carboxylic acids is 1. The Labute approximate surface area is 89.9 Å². The summed E-state index contributed by atoms with van der Waals surface area (Å²) in [6.07, 6.45) is 2.09. The highest BCUT2D eigenvalue weighted by atomic mass is 16.2. The predicted molar refractivity (Wildman–Crippen MR) is 60.9 cm³/mol. The van der Waals surface area contributed by atoms with Crippen molar-refractivity contribution in [2.24, 2.45) is 5.73 Å². The molecule has 0 aromatic heterocycles. The number of carbonyl (C=O) groups is 1. The van der Waals surface area contributed by atoms with Gasteiger partial charge in [-0.05, 0) is 30.9 Å². The molecular formula is C12H16N2O. The molecule has 1 aromatic rings. The van der Waals surface area contributed by atoms with Gasteiger partial charge in [0.05, 0.1) is 6.54 Å². The van der Waals surface area contributed by atoms with Crippen LogP contribution in [0.3, 0.4) is 0 Å². The summed E-state index contributed by atoms with van der Waals surface area (Å²) in [6, 6.07) is 6.18. The normalized spacial score (nSPS) is 14.9. The van der Waals surface area contributed by atoms with Crippen molar-refractivity contribution in [3.8, 4) is 0 Å². The third-order valence-electron chi connectivity index (χ3n) is 2.89. The van der Waals surface area contributed by atoms with Gasteiger partial charge < -0.3 is 10.6 Å². The molecule has 0 atom stereocenters. The Morgan fingerprint density at radius 3 is 3.07 bits per heavy atom. The summed E-state index contributed by atoms with van der Waals surface area (Å²) in [4.78, 5) is 13.5. The summed E-state index contributed by atoms with van der Waals surface area (Å²) >= 11 is 0. The van der Waals surface area contributed by atoms with Crippen LogP contribution in [0, 0.1) is 6.92 Å². The molecule has 1 aromatic carbocycles. The highest BCUT2D eigenvalue weighted by Gasteiger charge is 2.22. The Hall–Kier alpha value is -1.35. The number of hydrogen-bond acceptors (Lipinski definition) is 2. The Morgan fingerprint density at radius 2 is 2.33 bits per heavy atom. The lowest BCUT2D eigenvalue weighted by Gasteiger charge is -2.30. The predicted octanol–water partition coefficient (Wildman–Crippen LogP) is 1.23. The minimum Gasteiger partial charge on any atom is -0.322 e. The molecule has 0 fully saturated rings. The molecule has 1 aliphatic rings. The summed E-state index contributed by atoms with van der Waals surface area (Å²) in [5.41, 5.74) is 8.93. The van der Waals surface area contributed by atoms with Crippen LogP contribution in [0.5, 0.6) is 0 Å². The summed E-state index contributed by atoms with van der Waals surface area (Å²) in [5.74, 6) is 0.0188. The van der Waals surface area contributed by atoms with Gasteiger partial charge in [0.1, 0.15) is 0 Å². The topological polar surface area (TPSA) is 46.3 Å². The second-order valence-corrected chi connectivity index (χ2v) is 3.94. The molecule has 0 saturated heterocycles. The number of rotatable bonds is 1. The molecule has 2 rings (SSSR count). The second kappa shape index (κ2) is 4.03. The minimum absolute atomic E-state index is 0.0188. The first-order valence-electron chi connectivity index (χ1n) is 5.33. The number of para-hydroxylation sites is 1. The van der Waals surface area contributed by atoms with E-state index >= 15 is 0 Å². The van der Waals surface area contributed by atoms with Gasteiger partial charge in [-0.1, -0.05) is 18.2 Å². The molecule has 3 heteroatoms. The van der Waals surface area contributed by atoms with Crippen LogP contribution >= 0.6 is 0 Å². The van der Waals surface area contributed by atoms with Gasteiger partial charge in [0.15, 0.2) is 0 Å². The monoisotopic (exact) mass is 204 g/mol. The van der Waals surface area contributed by atoms with Crippen LogP contribution in [0.15, 0.2) is 18.2 Å². The van der Waals surface area contributed by atoms with E-state index in [1.807, 2.05) is 24.0 Å². The molecule has 1 aliphatic heterocycles. The number of amides is 1.